The van der Waals surface area contributed by atoms with E-state index in [0.29, 0.717) is 24.0 Å². The van der Waals surface area contributed by atoms with Crippen molar-refractivity contribution in [3.8, 4) is 0 Å². The average molecular weight is 412 g/mol. The van der Waals surface area contributed by atoms with Gasteiger partial charge in [0.2, 0.25) is 11.6 Å². The van der Waals surface area contributed by atoms with Crippen LogP contribution in [0.3, 0.4) is 0 Å². The minimum Gasteiger partial charge on any atom is -0.368 e. The van der Waals surface area contributed by atoms with Gasteiger partial charge in [0.25, 0.3) is 0 Å². The van der Waals surface area contributed by atoms with Gasteiger partial charge < -0.3 is 10.6 Å². The van der Waals surface area contributed by atoms with Gasteiger partial charge >= 0.3 is 0 Å². The SMILES string of the molecule is NC(=O)C(c1ccc(Cl)cc1)N1CCN(c2nccn3c(C4CC4)nnc23)CC1. The third-order valence-electron chi connectivity index (χ3n) is 5.71. The normalized spacial score (nSPS) is 18.9. The van der Waals surface area contributed by atoms with Gasteiger partial charge in [-0.3, -0.25) is 14.1 Å². The fourth-order valence-electron chi connectivity index (χ4n) is 4.07. The van der Waals surface area contributed by atoms with Crippen molar-refractivity contribution in [3.63, 3.8) is 0 Å². The first-order valence-corrected chi connectivity index (χ1v) is 10.2. The van der Waals surface area contributed by atoms with Crippen molar-refractivity contribution >= 4 is 29.0 Å². The summed E-state index contributed by atoms with van der Waals surface area (Å²) in [6, 6.07) is 6.84. The number of nitrogens with two attached hydrogens (primary N) is 1. The number of nitrogens with zero attached hydrogens (tertiary/aromatic N) is 6. The first kappa shape index (κ1) is 18.3. The van der Waals surface area contributed by atoms with Crippen LogP contribution in [-0.4, -0.2) is 56.6 Å². The summed E-state index contributed by atoms with van der Waals surface area (Å²) in [4.78, 5) is 21.1. The smallest absolute Gasteiger partial charge is 0.239 e. The van der Waals surface area contributed by atoms with E-state index in [4.69, 9.17) is 17.3 Å². The Morgan fingerprint density at radius 3 is 2.48 bits per heavy atom. The molecule has 1 aliphatic heterocycles. The van der Waals surface area contributed by atoms with Gasteiger partial charge in [0, 0.05) is 49.5 Å². The number of carbonyl (C=O) groups is 1. The van der Waals surface area contributed by atoms with E-state index in [-0.39, 0.29) is 5.91 Å². The van der Waals surface area contributed by atoms with Crippen molar-refractivity contribution in [1.29, 1.82) is 0 Å². The van der Waals surface area contributed by atoms with Crippen molar-refractivity contribution < 1.29 is 4.79 Å². The van der Waals surface area contributed by atoms with Crippen molar-refractivity contribution in [2.45, 2.75) is 24.8 Å². The molecule has 1 atom stereocenters. The number of piperazine rings is 1. The Hall–Kier alpha value is -2.71. The van der Waals surface area contributed by atoms with Gasteiger partial charge in [0.05, 0.1) is 0 Å². The first-order valence-electron chi connectivity index (χ1n) is 9.85. The molecule has 2 N–H and O–H groups in total. The summed E-state index contributed by atoms with van der Waals surface area (Å²) in [5, 5.41) is 9.43. The zero-order valence-corrected chi connectivity index (χ0v) is 16.7. The molecule has 9 heteroatoms. The summed E-state index contributed by atoms with van der Waals surface area (Å²) < 4.78 is 2.06. The van der Waals surface area contributed by atoms with Gasteiger partial charge in [-0.2, -0.15) is 0 Å². The van der Waals surface area contributed by atoms with Gasteiger partial charge in [0.15, 0.2) is 5.82 Å². The molecule has 3 aromatic rings. The summed E-state index contributed by atoms with van der Waals surface area (Å²) in [5.74, 6) is 2.04. The molecular weight excluding hydrogens is 390 g/mol. The molecule has 1 saturated carbocycles. The summed E-state index contributed by atoms with van der Waals surface area (Å²) in [6.07, 6.45) is 6.10. The van der Waals surface area contributed by atoms with Crippen LogP contribution in [0.15, 0.2) is 36.7 Å². The zero-order valence-electron chi connectivity index (χ0n) is 15.9. The van der Waals surface area contributed by atoms with Crippen LogP contribution in [0.25, 0.3) is 5.65 Å². The van der Waals surface area contributed by atoms with Gasteiger partial charge in [-0.1, -0.05) is 23.7 Å². The molecule has 1 saturated heterocycles. The van der Waals surface area contributed by atoms with E-state index in [2.05, 4.69) is 29.4 Å². The summed E-state index contributed by atoms with van der Waals surface area (Å²) >= 11 is 5.99. The van der Waals surface area contributed by atoms with E-state index >= 15 is 0 Å². The number of halogens is 1. The monoisotopic (exact) mass is 411 g/mol. The number of benzene rings is 1. The third-order valence-corrected chi connectivity index (χ3v) is 5.96. The molecule has 0 bridgehead atoms. The van der Waals surface area contributed by atoms with Crippen molar-refractivity contribution in [2.75, 3.05) is 31.1 Å². The highest BCUT2D eigenvalue weighted by atomic mass is 35.5. The number of primary amides is 1. The summed E-state index contributed by atoms with van der Waals surface area (Å²) in [5.41, 5.74) is 7.39. The van der Waals surface area contributed by atoms with E-state index in [0.717, 1.165) is 35.9 Å². The highest BCUT2D eigenvalue weighted by Gasteiger charge is 2.32. The molecule has 5 rings (SSSR count). The zero-order chi connectivity index (χ0) is 20.0. The van der Waals surface area contributed by atoms with E-state index in [9.17, 15) is 4.79 Å². The Kier molecular flexibility index (Phi) is 4.60. The maximum Gasteiger partial charge on any atom is 0.239 e. The molecule has 150 valence electrons. The van der Waals surface area contributed by atoms with Crippen LogP contribution in [0.1, 0.15) is 36.2 Å². The van der Waals surface area contributed by atoms with Crippen LogP contribution in [0.5, 0.6) is 0 Å². The van der Waals surface area contributed by atoms with Crippen LogP contribution in [0.2, 0.25) is 5.02 Å². The fraction of sp³-hybridized carbons (Fsp3) is 0.400. The lowest BCUT2D eigenvalue weighted by molar-refractivity contribution is -0.123. The predicted octanol–water partition coefficient (Wildman–Crippen LogP) is 2.00. The van der Waals surface area contributed by atoms with Crippen molar-refractivity contribution in [2.24, 2.45) is 5.73 Å². The third kappa shape index (κ3) is 3.42. The second-order valence-electron chi connectivity index (χ2n) is 7.66. The number of fused-ring (bicyclic) bond motifs is 1. The fourth-order valence-corrected chi connectivity index (χ4v) is 4.19. The summed E-state index contributed by atoms with van der Waals surface area (Å²) in [6.45, 7) is 2.86. The molecule has 29 heavy (non-hydrogen) atoms. The van der Waals surface area contributed by atoms with Gasteiger partial charge in [-0.25, -0.2) is 4.98 Å². The summed E-state index contributed by atoms with van der Waals surface area (Å²) in [7, 11) is 0. The quantitative estimate of drug-likeness (QED) is 0.690. The molecular formula is C20H22ClN7O. The Labute approximate surface area is 173 Å². The predicted molar refractivity (Wildman–Crippen MR) is 110 cm³/mol. The number of aromatic nitrogens is 4. The number of amides is 1. The lowest BCUT2D eigenvalue weighted by Crippen LogP contribution is -2.50. The van der Waals surface area contributed by atoms with Crippen LogP contribution in [0, 0.1) is 0 Å². The Bertz CT molecular complexity index is 1040. The van der Waals surface area contributed by atoms with Crippen molar-refractivity contribution in [1.82, 2.24) is 24.5 Å². The molecule has 1 aliphatic carbocycles. The molecule has 0 spiro atoms. The van der Waals surface area contributed by atoms with Gasteiger partial charge in [0.1, 0.15) is 11.9 Å². The number of rotatable bonds is 5. The average Bonchev–Trinajstić information content (AvgIpc) is 3.48. The van der Waals surface area contributed by atoms with Gasteiger partial charge in [-0.15, -0.1) is 10.2 Å². The first-order chi connectivity index (χ1) is 14.1. The van der Waals surface area contributed by atoms with Crippen LogP contribution < -0.4 is 10.6 Å². The van der Waals surface area contributed by atoms with Gasteiger partial charge in [-0.05, 0) is 30.5 Å². The number of hydrogen-bond donors (Lipinski definition) is 1. The minimum atomic E-state index is -0.465. The molecule has 1 amide bonds. The highest BCUT2D eigenvalue weighted by molar-refractivity contribution is 6.30. The maximum absolute atomic E-state index is 12.2. The molecule has 8 nitrogen and oxygen atoms in total. The minimum absolute atomic E-state index is 0.354. The molecule has 2 aliphatic rings. The number of carbonyl (C=O) groups excluding carboxylic acids is 1. The molecule has 3 heterocycles. The Balaban J connectivity index is 1.35. The van der Waals surface area contributed by atoms with Crippen LogP contribution in [0.4, 0.5) is 5.82 Å². The largest absolute Gasteiger partial charge is 0.368 e. The Morgan fingerprint density at radius 2 is 1.83 bits per heavy atom. The number of hydrogen-bond acceptors (Lipinski definition) is 6. The molecule has 1 aromatic carbocycles. The Morgan fingerprint density at radius 1 is 1.10 bits per heavy atom. The van der Waals surface area contributed by atoms with Crippen LogP contribution in [-0.2, 0) is 4.79 Å². The molecule has 0 radical (unpaired) electrons. The maximum atomic E-state index is 12.2. The highest BCUT2D eigenvalue weighted by Crippen LogP contribution is 2.39. The van der Waals surface area contributed by atoms with E-state index in [1.165, 1.54) is 12.8 Å². The second kappa shape index (κ2) is 7.27. The van der Waals surface area contributed by atoms with E-state index in [1.54, 1.807) is 12.1 Å². The molecule has 1 unspecified atom stereocenters. The lowest BCUT2D eigenvalue weighted by Gasteiger charge is -2.38. The molecule has 2 aromatic heterocycles. The number of anilines is 1. The topological polar surface area (TPSA) is 92.7 Å². The lowest BCUT2D eigenvalue weighted by atomic mass is 10.0. The van der Waals surface area contributed by atoms with Crippen molar-refractivity contribution in [3.05, 3.63) is 53.1 Å². The standard InChI is InChI=1S/C20H22ClN7O/c21-15-5-3-13(4-6-15)16(17(22)29)26-9-11-27(12-10-26)19-20-25-24-18(14-1-2-14)28(20)8-7-23-19/h3-8,14,16H,1-2,9-12H2,(H2,22,29). The van der Waals surface area contributed by atoms with E-state index in [1.807, 2.05) is 24.5 Å². The molecule has 2 fully saturated rings. The van der Waals surface area contributed by atoms with E-state index < -0.39 is 6.04 Å². The second-order valence-corrected chi connectivity index (χ2v) is 8.09. The van der Waals surface area contributed by atoms with Crippen LogP contribution >= 0.6 is 11.6 Å².